The second-order valence-corrected chi connectivity index (χ2v) is 9.42. The van der Waals surface area contributed by atoms with Crippen LogP contribution in [0.25, 0.3) is 22.0 Å². The number of halogens is 1. The van der Waals surface area contributed by atoms with Crippen LogP contribution in [-0.4, -0.2) is 15.1 Å². The number of fused-ring (bicyclic) bond motifs is 3. The van der Waals surface area contributed by atoms with Crippen molar-refractivity contribution in [1.82, 2.24) is 15.1 Å². The third-order valence-corrected chi connectivity index (χ3v) is 6.99. The van der Waals surface area contributed by atoms with Gasteiger partial charge in [-0.1, -0.05) is 54.9 Å². The quantitative estimate of drug-likeness (QED) is 0.296. The van der Waals surface area contributed by atoms with Gasteiger partial charge in [-0.2, -0.15) is 0 Å². The van der Waals surface area contributed by atoms with E-state index in [9.17, 15) is 9.18 Å². The predicted octanol–water partition coefficient (Wildman–Crippen LogP) is 6.40. The summed E-state index contributed by atoms with van der Waals surface area (Å²) >= 11 is 0. The molecule has 0 atom stereocenters. The molecule has 2 N–H and O–H groups in total. The van der Waals surface area contributed by atoms with E-state index in [2.05, 4.69) is 64.5 Å². The molecule has 6 nitrogen and oxygen atoms in total. The topological polar surface area (TPSA) is 83.9 Å². The van der Waals surface area contributed by atoms with Gasteiger partial charge in [0.15, 0.2) is 5.82 Å². The van der Waals surface area contributed by atoms with E-state index in [1.165, 1.54) is 28.8 Å². The summed E-state index contributed by atoms with van der Waals surface area (Å²) in [5.74, 6) is -0.230. The molecule has 0 saturated carbocycles. The number of para-hydroxylation sites is 1. The van der Waals surface area contributed by atoms with Crippen molar-refractivity contribution in [3.8, 4) is 5.75 Å². The molecule has 0 bridgehead atoms. The molecule has 0 amide bonds. The van der Waals surface area contributed by atoms with E-state index < -0.39 is 5.76 Å². The van der Waals surface area contributed by atoms with Crippen LogP contribution in [0.4, 0.5) is 4.39 Å². The molecule has 5 aromatic rings. The van der Waals surface area contributed by atoms with E-state index in [-0.39, 0.29) is 5.82 Å². The molecular formula is C30H26FN3O3. The lowest BCUT2D eigenvalue weighted by Crippen LogP contribution is -2.01. The minimum atomic E-state index is -0.628. The van der Waals surface area contributed by atoms with Gasteiger partial charge in [0.1, 0.15) is 18.2 Å². The molecule has 0 unspecified atom stereocenters. The number of benzene rings is 3. The van der Waals surface area contributed by atoms with Crippen LogP contribution in [0.15, 0.2) is 70.0 Å². The SMILES string of the molecule is CCCc1[nH]c2ccccc2c1Cc1ccc2c(c1)COc1cc(F)ccc1/C2=C(\C)c1noc(=O)[nH]1. The van der Waals surface area contributed by atoms with Gasteiger partial charge in [-0.15, -0.1) is 0 Å². The highest BCUT2D eigenvalue weighted by atomic mass is 19.1. The molecule has 37 heavy (non-hydrogen) atoms. The first-order valence-electron chi connectivity index (χ1n) is 12.4. The van der Waals surface area contributed by atoms with Crippen molar-refractivity contribution in [3.05, 3.63) is 116 Å². The highest BCUT2D eigenvalue weighted by Crippen LogP contribution is 2.41. The summed E-state index contributed by atoms with van der Waals surface area (Å²) in [6.45, 7) is 4.34. The molecule has 3 heterocycles. The minimum Gasteiger partial charge on any atom is -0.488 e. The minimum absolute atomic E-state index is 0.293. The maximum absolute atomic E-state index is 14.1. The fourth-order valence-corrected chi connectivity index (χ4v) is 5.28. The lowest BCUT2D eigenvalue weighted by molar-refractivity contribution is 0.305. The number of nitrogens with zero attached hydrogens (tertiary/aromatic N) is 1. The summed E-state index contributed by atoms with van der Waals surface area (Å²) < 4.78 is 25.0. The lowest BCUT2D eigenvalue weighted by atomic mass is 9.88. The van der Waals surface area contributed by atoms with Gasteiger partial charge in [0, 0.05) is 33.8 Å². The Labute approximate surface area is 212 Å². The fraction of sp³-hybridized carbons (Fsp3) is 0.200. The Kier molecular flexibility index (Phi) is 5.75. The highest BCUT2D eigenvalue weighted by molar-refractivity contribution is 5.99. The van der Waals surface area contributed by atoms with Crippen molar-refractivity contribution in [1.29, 1.82) is 0 Å². The Balaban J connectivity index is 1.48. The van der Waals surface area contributed by atoms with E-state index in [1.807, 2.05) is 6.92 Å². The Hall–Kier alpha value is -4.39. The van der Waals surface area contributed by atoms with Gasteiger partial charge in [-0.3, -0.25) is 9.51 Å². The second kappa shape index (κ2) is 9.24. The van der Waals surface area contributed by atoms with Crippen LogP contribution in [-0.2, 0) is 19.4 Å². The van der Waals surface area contributed by atoms with Gasteiger partial charge < -0.3 is 9.72 Å². The number of H-pyrrole nitrogens is 2. The molecule has 0 fully saturated rings. The fourth-order valence-electron chi connectivity index (χ4n) is 5.28. The molecule has 0 spiro atoms. The van der Waals surface area contributed by atoms with E-state index >= 15 is 0 Å². The number of hydrogen-bond acceptors (Lipinski definition) is 4. The number of aromatic nitrogens is 3. The molecule has 2 aromatic heterocycles. The van der Waals surface area contributed by atoms with Gasteiger partial charge in [-0.05, 0) is 65.8 Å². The number of allylic oxidation sites excluding steroid dienone is 1. The average molecular weight is 496 g/mol. The standard InChI is InChI=1S/C30H26FN3O3/c1-3-6-25-24(22-7-4-5-8-26(22)32-25)14-18-9-11-21-19(13-18)16-36-27-15-20(31)10-12-23(27)28(21)17(2)29-33-30(35)37-34-29/h4-5,7-13,15,32H,3,6,14,16H2,1-2H3,(H,33,34,35)/b28-17+. The Bertz CT molecular complexity index is 1720. The zero-order chi connectivity index (χ0) is 25.5. The zero-order valence-electron chi connectivity index (χ0n) is 20.7. The second-order valence-electron chi connectivity index (χ2n) is 9.42. The van der Waals surface area contributed by atoms with Crippen molar-refractivity contribution in [3.63, 3.8) is 0 Å². The van der Waals surface area contributed by atoms with Gasteiger partial charge in [0.05, 0.1) is 0 Å². The maximum Gasteiger partial charge on any atom is 0.439 e. The van der Waals surface area contributed by atoms with Gasteiger partial charge >= 0.3 is 5.76 Å². The average Bonchev–Trinajstić information content (AvgIpc) is 3.44. The van der Waals surface area contributed by atoms with Crippen molar-refractivity contribution in [2.75, 3.05) is 0 Å². The summed E-state index contributed by atoms with van der Waals surface area (Å²) in [6, 6.07) is 19.3. The summed E-state index contributed by atoms with van der Waals surface area (Å²) in [6.07, 6.45) is 2.83. The molecule has 1 aliphatic heterocycles. The predicted molar refractivity (Wildman–Crippen MR) is 141 cm³/mol. The Morgan fingerprint density at radius 1 is 1.05 bits per heavy atom. The molecule has 186 valence electrons. The molecule has 0 saturated heterocycles. The van der Waals surface area contributed by atoms with E-state index in [0.29, 0.717) is 23.8 Å². The van der Waals surface area contributed by atoms with Gasteiger partial charge in [-0.25, -0.2) is 9.18 Å². The summed E-state index contributed by atoms with van der Waals surface area (Å²) in [5.41, 5.74) is 9.07. The summed E-state index contributed by atoms with van der Waals surface area (Å²) in [5, 5.41) is 5.13. The zero-order valence-corrected chi connectivity index (χ0v) is 20.7. The molecule has 1 aliphatic rings. The molecule has 0 aliphatic carbocycles. The van der Waals surface area contributed by atoms with Crippen LogP contribution in [0.2, 0.25) is 0 Å². The number of rotatable bonds is 5. The molecule has 0 radical (unpaired) electrons. The number of ether oxygens (including phenoxy) is 1. The monoisotopic (exact) mass is 495 g/mol. The maximum atomic E-state index is 14.1. The normalized spacial score (nSPS) is 14.1. The van der Waals surface area contributed by atoms with Crippen LogP contribution in [0.1, 0.15) is 59.6 Å². The van der Waals surface area contributed by atoms with Crippen LogP contribution in [0.3, 0.4) is 0 Å². The first-order valence-corrected chi connectivity index (χ1v) is 12.4. The number of hydrogen-bond donors (Lipinski definition) is 2. The van der Waals surface area contributed by atoms with Crippen LogP contribution < -0.4 is 10.5 Å². The third-order valence-electron chi connectivity index (χ3n) is 6.99. The highest BCUT2D eigenvalue weighted by Gasteiger charge is 2.24. The first-order chi connectivity index (χ1) is 18.0. The molecule has 6 rings (SSSR count). The van der Waals surface area contributed by atoms with Crippen LogP contribution in [0, 0.1) is 5.82 Å². The smallest absolute Gasteiger partial charge is 0.439 e. The largest absolute Gasteiger partial charge is 0.488 e. The third kappa shape index (κ3) is 4.16. The van der Waals surface area contributed by atoms with Gasteiger partial charge in [0.2, 0.25) is 0 Å². The van der Waals surface area contributed by atoms with Crippen molar-refractivity contribution in [2.45, 2.75) is 39.7 Å². The Morgan fingerprint density at radius 2 is 1.89 bits per heavy atom. The first kappa shape index (κ1) is 23.0. The van der Waals surface area contributed by atoms with E-state index in [0.717, 1.165) is 52.6 Å². The summed E-state index contributed by atoms with van der Waals surface area (Å²) in [4.78, 5) is 17.9. The summed E-state index contributed by atoms with van der Waals surface area (Å²) in [7, 11) is 0. The Morgan fingerprint density at radius 3 is 2.70 bits per heavy atom. The van der Waals surface area contributed by atoms with Crippen LogP contribution >= 0.6 is 0 Å². The lowest BCUT2D eigenvalue weighted by Gasteiger charge is -2.14. The number of nitrogens with one attached hydrogen (secondary N) is 2. The molecule has 7 heteroatoms. The molecular weight excluding hydrogens is 469 g/mol. The van der Waals surface area contributed by atoms with Gasteiger partial charge in [0.25, 0.3) is 0 Å². The van der Waals surface area contributed by atoms with E-state index in [4.69, 9.17) is 9.26 Å². The van der Waals surface area contributed by atoms with Crippen molar-refractivity contribution < 1.29 is 13.7 Å². The van der Waals surface area contributed by atoms with Crippen LogP contribution in [0.5, 0.6) is 5.75 Å². The number of aromatic amines is 2. The van der Waals surface area contributed by atoms with Crippen molar-refractivity contribution >= 4 is 22.0 Å². The molecule has 3 aromatic carbocycles. The van der Waals surface area contributed by atoms with Crippen molar-refractivity contribution in [2.24, 2.45) is 0 Å². The number of aryl methyl sites for hydroxylation is 1. The van der Waals surface area contributed by atoms with E-state index in [1.54, 1.807) is 6.07 Å².